The van der Waals surface area contributed by atoms with Crippen molar-refractivity contribution in [1.82, 2.24) is 9.80 Å². The molecule has 144 valence electrons. The molecule has 8 nitrogen and oxygen atoms in total. The van der Waals surface area contributed by atoms with Crippen molar-refractivity contribution in [2.75, 3.05) is 31.5 Å². The molecule has 0 radical (unpaired) electrons. The Hall–Kier alpha value is -3.08. The van der Waals surface area contributed by atoms with Crippen molar-refractivity contribution in [2.45, 2.75) is 32.8 Å². The summed E-state index contributed by atoms with van der Waals surface area (Å²) in [6, 6.07) is 8.45. The van der Waals surface area contributed by atoms with Gasteiger partial charge in [0.1, 0.15) is 12.0 Å². The number of carbonyl (C=O) groups is 3. The van der Waals surface area contributed by atoms with Crippen molar-refractivity contribution >= 4 is 23.6 Å². The van der Waals surface area contributed by atoms with Gasteiger partial charge in [0.15, 0.2) is 0 Å². The molecule has 8 heteroatoms. The van der Waals surface area contributed by atoms with Crippen LogP contribution in [0, 0.1) is 11.3 Å². The van der Waals surface area contributed by atoms with E-state index in [1.165, 1.54) is 0 Å². The van der Waals surface area contributed by atoms with Gasteiger partial charge in [0.05, 0.1) is 17.3 Å². The third-order valence-electron chi connectivity index (χ3n) is 3.89. The number of anilines is 1. The monoisotopic (exact) mass is 372 g/mol. The molecule has 0 aliphatic carbocycles. The van der Waals surface area contributed by atoms with Crippen LogP contribution in [0.2, 0.25) is 0 Å². The van der Waals surface area contributed by atoms with Crippen LogP contribution in [0.5, 0.6) is 0 Å². The number of carbonyl (C=O) groups excluding carboxylic acids is 3. The van der Waals surface area contributed by atoms with Gasteiger partial charge < -0.3 is 19.9 Å². The third kappa shape index (κ3) is 5.71. The average Bonchev–Trinajstić information content (AvgIpc) is 2.60. The topological polar surface area (TPSA) is 103 Å². The van der Waals surface area contributed by atoms with E-state index >= 15 is 0 Å². The predicted molar refractivity (Wildman–Crippen MR) is 99.0 cm³/mol. The SMILES string of the molecule is CC(C)(C)OC(=O)N1CCN(C(=O)c2ccccc2NC(=O)CC#N)CC1. The fourth-order valence-corrected chi connectivity index (χ4v) is 2.63. The number of hydrogen-bond donors (Lipinski definition) is 1. The maximum absolute atomic E-state index is 12.8. The Morgan fingerprint density at radius 3 is 2.30 bits per heavy atom. The predicted octanol–water partition coefficient (Wildman–Crippen LogP) is 2.23. The Morgan fingerprint density at radius 2 is 1.70 bits per heavy atom. The Bertz CT molecular complexity index is 756. The molecule has 0 bridgehead atoms. The van der Waals surface area contributed by atoms with Crippen LogP contribution in [-0.2, 0) is 9.53 Å². The molecule has 0 unspecified atom stereocenters. The van der Waals surface area contributed by atoms with Gasteiger partial charge in [0, 0.05) is 26.2 Å². The number of hydrogen-bond acceptors (Lipinski definition) is 5. The van der Waals surface area contributed by atoms with Crippen molar-refractivity contribution in [3.8, 4) is 6.07 Å². The first-order valence-electron chi connectivity index (χ1n) is 8.74. The van der Waals surface area contributed by atoms with Gasteiger partial charge in [-0.1, -0.05) is 12.1 Å². The van der Waals surface area contributed by atoms with Gasteiger partial charge in [0.25, 0.3) is 5.91 Å². The lowest BCUT2D eigenvalue weighted by molar-refractivity contribution is -0.115. The highest BCUT2D eigenvalue weighted by atomic mass is 16.6. The number of rotatable bonds is 3. The Morgan fingerprint density at radius 1 is 1.11 bits per heavy atom. The van der Waals surface area contributed by atoms with Crippen LogP contribution in [0.3, 0.4) is 0 Å². The van der Waals surface area contributed by atoms with Crippen LogP contribution in [0.25, 0.3) is 0 Å². The summed E-state index contributed by atoms with van der Waals surface area (Å²) < 4.78 is 5.35. The van der Waals surface area contributed by atoms with Gasteiger partial charge in [-0.05, 0) is 32.9 Å². The molecule has 27 heavy (non-hydrogen) atoms. The number of nitrogens with zero attached hydrogens (tertiary/aromatic N) is 3. The molecule has 2 rings (SSSR count). The van der Waals surface area contributed by atoms with Crippen LogP contribution >= 0.6 is 0 Å². The standard InChI is InChI=1S/C19H24N4O4/c1-19(2,3)27-18(26)23-12-10-22(11-13-23)17(25)14-6-4-5-7-15(14)21-16(24)8-9-20/h4-7H,8,10-13H2,1-3H3,(H,21,24). The van der Waals surface area contributed by atoms with Crippen LogP contribution in [0.1, 0.15) is 37.6 Å². The van der Waals surface area contributed by atoms with Crippen molar-refractivity contribution < 1.29 is 19.1 Å². The molecular formula is C19H24N4O4. The van der Waals surface area contributed by atoms with E-state index < -0.39 is 17.6 Å². The maximum atomic E-state index is 12.8. The Balaban J connectivity index is 2.01. The second-order valence-electron chi connectivity index (χ2n) is 7.19. The third-order valence-corrected chi connectivity index (χ3v) is 3.89. The summed E-state index contributed by atoms with van der Waals surface area (Å²) in [6.07, 6.45) is -0.671. The first-order chi connectivity index (χ1) is 12.7. The van der Waals surface area contributed by atoms with E-state index in [1.54, 1.807) is 40.1 Å². The fraction of sp³-hybridized carbons (Fsp3) is 0.474. The maximum Gasteiger partial charge on any atom is 0.410 e. The molecule has 0 spiro atoms. The molecule has 1 aliphatic heterocycles. The first kappa shape index (κ1) is 20.2. The minimum Gasteiger partial charge on any atom is -0.444 e. The highest BCUT2D eigenvalue weighted by Crippen LogP contribution is 2.19. The summed E-state index contributed by atoms with van der Waals surface area (Å²) in [5, 5.41) is 11.2. The van der Waals surface area contributed by atoms with Crippen molar-refractivity contribution in [3.05, 3.63) is 29.8 Å². The smallest absolute Gasteiger partial charge is 0.410 e. The van der Waals surface area contributed by atoms with E-state index in [4.69, 9.17) is 10.00 Å². The minimum atomic E-state index is -0.565. The summed E-state index contributed by atoms with van der Waals surface area (Å²) in [6.45, 7) is 6.93. The summed E-state index contributed by atoms with van der Waals surface area (Å²) in [4.78, 5) is 39.9. The molecule has 3 amide bonds. The zero-order valence-corrected chi connectivity index (χ0v) is 15.8. The average molecular weight is 372 g/mol. The van der Waals surface area contributed by atoms with Gasteiger partial charge in [0.2, 0.25) is 5.91 Å². The van der Waals surface area contributed by atoms with E-state index in [9.17, 15) is 14.4 Å². The largest absolute Gasteiger partial charge is 0.444 e. The van der Waals surface area contributed by atoms with Crippen molar-refractivity contribution in [3.63, 3.8) is 0 Å². The highest BCUT2D eigenvalue weighted by molar-refractivity contribution is 6.04. The van der Waals surface area contributed by atoms with Crippen molar-refractivity contribution in [2.24, 2.45) is 0 Å². The molecule has 1 aromatic rings. The Kier molecular flexibility index (Phi) is 6.40. The quantitative estimate of drug-likeness (QED) is 0.876. The van der Waals surface area contributed by atoms with E-state index in [-0.39, 0.29) is 12.3 Å². The minimum absolute atomic E-state index is 0.230. The van der Waals surface area contributed by atoms with E-state index in [2.05, 4.69) is 5.32 Å². The summed E-state index contributed by atoms with van der Waals surface area (Å²) in [5.74, 6) is -0.695. The molecular weight excluding hydrogens is 348 g/mol. The molecule has 1 aromatic carbocycles. The van der Waals surface area contributed by atoms with Crippen LogP contribution in [0.4, 0.5) is 10.5 Å². The highest BCUT2D eigenvalue weighted by Gasteiger charge is 2.28. The lowest BCUT2D eigenvalue weighted by atomic mass is 10.1. The Labute approximate surface area is 158 Å². The molecule has 0 saturated carbocycles. The zero-order chi connectivity index (χ0) is 20.0. The van der Waals surface area contributed by atoms with E-state index in [1.807, 2.05) is 20.8 Å². The van der Waals surface area contributed by atoms with Gasteiger partial charge in [-0.2, -0.15) is 5.26 Å². The van der Waals surface area contributed by atoms with Crippen LogP contribution < -0.4 is 5.32 Å². The number of benzene rings is 1. The number of para-hydroxylation sites is 1. The summed E-state index contributed by atoms with van der Waals surface area (Å²) >= 11 is 0. The second kappa shape index (κ2) is 8.54. The van der Waals surface area contributed by atoms with Crippen molar-refractivity contribution in [1.29, 1.82) is 5.26 Å². The summed E-state index contributed by atoms with van der Waals surface area (Å²) in [7, 11) is 0. The van der Waals surface area contributed by atoms with Gasteiger partial charge >= 0.3 is 6.09 Å². The number of nitriles is 1. The molecule has 1 fully saturated rings. The number of ether oxygens (including phenoxy) is 1. The second-order valence-corrected chi connectivity index (χ2v) is 7.19. The molecule has 1 aliphatic rings. The lowest BCUT2D eigenvalue weighted by Gasteiger charge is -2.35. The zero-order valence-electron chi connectivity index (χ0n) is 15.8. The van der Waals surface area contributed by atoms with E-state index in [0.717, 1.165) is 0 Å². The molecule has 1 saturated heterocycles. The fourth-order valence-electron chi connectivity index (χ4n) is 2.63. The summed E-state index contributed by atoms with van der Waals surface area (Å²) in [5.41, 5.74) is 0.164. The lowest BCUT2D eigenvalue weighted by Crippen LogP contribution is -2.51. The van der Waals surface area contributed by atoms with Gasteiger partial charge in [-0.25, -0.2) is 4.79 Å². The molecule has 1 N–H and O–H groups in total. The van der Waals surface area contributed by atoms with Gasteiger partial charge in [-0.15, -0.1) is 0 Å². The number of nitrogens with one attached hydrogen (secondary N) is 1. The first-order valence-corrected chi connectivity index (χ1v) is 8.74. The molecule has 0 atom stereocenters. The van der Waals surface area contributed by atoms with Gasteiger partial charge in [-0.3, -0.25) is 9.59 Å². The molecule has 0 aromatic heterocycles. The number of amides is 3. The van der Waals surface area contributed by atoms with Crippen LogP contribution in [-0.4, -0.2) is 59.5 Å². The normalized spacial score (nSPS) is 14.3. The van der Waals surface area contributed by atoms with Crippen LogP contribution in [0.15, 0.2) is 24.3 Å². The number of piperazine rings is 1. The van der Waals surface area contributed by atoms with E-state index in [0.29, 0.717) is 37.4 Å². The molecule has 1 heterocycles.